The first-order valence-electron chi connectivity index (χ1n) is 8.24. The van der Waals surface area contributed by atoms with Gasteiger partial charge in [0, 0.05) is 16.1 Å². The Kier molecular flexibility index (Phi) is 6.18. The van der Waals surface area contributed by atoms with Crippen LogP contribution in [0.2, 0.25) is 0 Å². The summed E-state index contributed by atoms with van der Waals surface area (Å²) in [5.74, 6) is -0.573. The van der Waals surface area contributed by atoms with Crippen molar-refractivity contribution < 1.29 is 19.1 Å². The fourth-order valence-electron chi connectivity index (χ4n) is 2.70. The molecule has 140 valence electrons. The minimum absolute atomic E-state index is 0.216. The third kappa shape index (κ3) is 4.34. The molecule has 1 fully saturated rings. The van der Waals surface area contributed by atoms with Crippen LogP contribution in [0.4, 0.5) is 0 Å². The molecule has 3 rings (SSSR count). The number of hydrogen-bond acceptors (Lipinski definition) is 6. The molecule has 0 unspecified atom stereocenters. The number of hydrogen-bond donors (Lipinski definition) is 0. The number of carboxylic acid groups (broad SMARTS) is 1. The fourth-order valence-corrected chi connectivity index (χ4v) is 4.30. The number of carbonyl (C=O) groups excluding carboxylic acids is 2. The van der Waals surface area contributed by atoms with Crippen molar-refractivity contribution in [3.63, 3.8) is 0 Å². The number of furan rings is 1. The molecular formula is C19H15BrNO4S2-. The zero-order valence-electron chi connectivity index (χ0n) is 14.3. The molecule has 0 radical (unpaired) electrons. The summed E-state index contributed by atoms with van der Waals surface area (Å²) >= 11 is 9.67. The number of thiocarbonyl (C=S) groups is 1. The minimum Gasteiger partial charge on any atom is -0.548 e. The summed E-state index contributed by atoms with van der Waals surface area (Å²) in [6.07, 6.45) is 2.47. The number of halogens is 1. The lowest BCUT2D eigenvalue weighted by atomic mass is 10.1. The second kappa shape index (κ2) is 8.41. The maximum absolute atomic E-state index is 12.7. The molecule has 0 spiro atoms. The maximum atomic E-state index is 12.7. The zero-order chi connectivity index (χ0) is 19.6. The standard InChI is InChI=1S/C19H16BrNO4S2/c1-2-3-14(18(23)24)21-17(22)16(27-19(21)26)10-13-8-9-15(25-13)11-4-6-12(20)7-5-11/h4-10,14H,2-3H2,1H3,(H,23,24)/p-1/b16-10+/t14-/m0/s1. The van der Waals surface area contributed by atoms with Gasteiger partial charge in [-0.1, -0.05) is 65.4 Å². The molecule has 2 heterocycles. The third-order valence-electron chi connectivity index (χ3n) is 4.00. The lowest BCUT2D eigenvalue weighted by Gasteiger charge is -2.27. The van der Waals surface area contributed by atoms with Gasteiger partial charge >= 0.3 is 0 Å². The second-order valence-electron chi connectivity index (χ2n) is 5.88. The maximum Gasteiger partial charge on any atom is 0.266 e. The molecule has 0 saturated carbocycles. The van der Waals surface area contributed by atoms with E-state index in [1.807, 2.05) is 37.3 Å². The summed E-state index contributed by atoms with van der Waals surface area (Å²) in [6, 6.07) is 10.2. The van der Waals surface area contributed by atoms with Gasteiger partial charge in [0.2, 0.25) is 0 Å². The lowest BCUT2D eigenvalue weighted by Crippen LogP contribution is -2.49. The van der Waals surface area contributed by atoms with Crippen LogP contribution in [-0.4, -0.2) is 27.1 Å². The van der Waals surface area contributed by atoms with Gasteiger partial charge in [0.05, 0.1) is 16.9 Å². The average molecular weight is 465 g/mol. The van der Waals surface area contributed by atoms with E-state index < -0.39 is 17.9 Å². The Balaban J connectivity index is 1.84. The predicted molar refractivity (Wildman–Crippen MR) is 111 cm³/mol. The van der Waals surface area contributed by atoms with Gasteiger partial charge in [0.15, 0.2) is 0 Å². The van der Waals surface area contributed by atoms with E-state index in [2.05, 4.69) is 15.9 Å². The normalized spacial score (nSPS) is 17.0. The summed E-state index contributed by atoms with van der Waals surface area (Å²) in [7, 11) is 0. The molecule has 0 N–H and O–H groups in total. The Morgan fingerprint density at radius 1 is 1.33 bits per heavy atom. The van der Waals surface area contributed by atoms with E-state index in [0.29, 0.717) is 22.8 Å². The van der Waals surface area contributed by atoms with E-state index in [1.54, 1.807) is 12.1 Å². The highest BCUT2D eigenvalue weighted by Gasteiger charge is 2.37. The zero-order valence-corrected chi connectivity index (χ0v) is 17.5. The molecule has 1 atom stereocenters. The summed E-state index contributed by atoms with van der Waals surface area (Å²) in [6.45, 7) is 1.84. The summed E-state index contributed by atoms with van der Waals surface area (Å²) in [5.41, 5.74) is 0.908. The monoisotopic (exact) mass is 464 g/mol. The Hall–Kier alpha value is -1.90. The van der Waals surface area contributed by atoms with E-state index in [4.69, 9.17) is 16.6 Å². The van der Waals surface area contributed by atoms with Crippen LogP contribution < -0.4 is 5.11 Å². The van der Waals surface area contributed by atoms with Crippen molar-refractivity contribution in [2.45, 2.75) is 25.8 Å². The molecule has 8 heteroatoms. The molecule has 1 aliphatic rings. The summed E-state index contributed by atoms with van der Waals surface area (Å²) in [4.78, 5) is 25.5. The highest BCUT2D eigenvalue weighted by Crippen LogP contribution is 2.35. The molecule has 0 bridgehead atoms. The molecule has 2 aromatic rings. The number of carboxylic acids is 1. The van der Waals surface area contributed by atoms with Gasteiger partial charge in [0.25, 0.3) is 5.91 Å². The predicted octanol–water partition coefficient (Wildman–Crippen LogP) is 3.83. The van der Waals surface area contributed by atoms with Gasteiger partial charge in [-0.2, -0.15) is 0 Å². The van der Waals surface area contributed by atoms with Gasteiger partial charge in [-0.3, -0.25) is 9.69 Å². The first-order valence-corrected chi connectivity index (χ1v) is 10.3. The van der Waals surface area contributed by atoms with E-state index in [-0.39, 0.29) is 10.7 Å². The van der Waals surface area contributed by atoms with Crippen molar-refractivity contribution in [3.8, 4) is 11.3 Å². The van der Waals surface area contributed by atoms with Crippen molar-refractivity contribution in [2.24, 2.45) is 0 Å². The van der Waals surface area contributed by atoms with Crippen molar-refractivity contribution in [2.75, 3.05) is 0 Å². The lowest BCUT2D eigenvalue weighted by molar-refractivity contribution is -0.310. The Morgan fingerprint density at radius 3 is 2.67 bits per heavy atom. The first kappa shape index (κ1) is 19.9. The second-order valence-corrected chi connectivity index (χ2v) is 8.48. The Labute approximate surface area is 174 Å². The molecule has 5 nitrogen and oxygen atoms in total. The minimum atomic E-state index is -1.30. The molecule has 1 aromatic carbocycles. The van der Waals surface area contributed by atoms with E-state index >= 15 is 0 Å². The van der Waals surface area contributed by atoms with Crippen LogP contribution in [0.25, 0.3) is 17.4 Å². The van der Waals surface area contributed by atoms with Crippen molar-refractivity contribution in [3.05, 3.63) is 51.5 Å². The molecule has 27 heavy (non-hydrogen) atoms. The molecular weight excluding hydrogens is 450 g/mol. The fraction of sp³-hybridized carbons (Fsp3) is 0.211. The first-order chi connectivity index (χ1) is 12.9. The van der Waals surface area contributed by atoms with Crippen molar-refractivity contribution in [1.29, 1.82) is 0 Å². The van der Waals surface area contributed by atoms with Gasteiger partial charge in [-0.25, -0.2) is 0 Å². The quantitative estimate of drug-likeness (QED) is 0.477. The summed E-state index contributed by atoms with van der Waals surface area (Å²) < 4.78 is 6.98. The van der Waals surface area contributed by atoms with Crippen LogP contribution in [0.3, 0.4) is 0 Å². The van der Waals surface area contributed by atoms with Crippen LogP contribution >= 0.6 is 39.9 Å². The molecule has 1 saturated heterocycles. The molecule has 0 aliphatic carbocycles. The summed E-state index contributed by atoms with van der Waals surface area (Å²) in [5, 5.41) is 11.4. The van der Waals surface area contributed by atoms with Crippen LogP contribution in [0, 0.1) is 0 Å². The number of rotatable bonds is 6. The van der Waals surface area contributed by atoms with Crippen LogP contribution in [0.15, 0.2) is 50.2 Å². The van der Waals surface area contributed by atoms with Gasteiger partial charge in [0.1, 0.15) is 15.8 Å². The average Bonchev–Trinajstić information content (AvgIpc) is 3.19. The smallest absolute Gasteiger partial charge is 0.266 e. The van der Waals surface area contributed by atoms with Gasteiger partial charge < -0.3 is 14.3 Å². The van der Waals surface area contributed by atoms with Crippen LogP contribution in [0.5, 0.6) is 0 Å². The number of nitrogens with zero attached hydrogens (tertiary/aromatic N) is 1. The topological polar surface area (TPSA) is 73.6 Å². The molecule has 1 aromatic heterocycles. The highest BCUT2D eigenvalue weighted by atomic mass is 79.9. The van der Waals surface area contributed by atoms with E-state index in [9.17, 15) is 14.7 Å². The SMILES string of the molecule is CCC[C@@H](C(=O)[O-])N1C(=O)/C(=C\c2ccc(-c3ccc(Br)cc3)o2)SC1=S. The number of carbonyl (C=O) groups is 2. The Morgan fingerprint density at radius 2 is 2.04 bits per heavy atom. The van der Waals surface area contributed by atoms with Crippen LogP contribution in [0.1, 0.15) is 25.5 Å². The highest BCUT2D eigenvalue weighted by molar-refractivity contribution is 9.10. The van der Waals surface area contributed by atoms with Gasteiger partial charge in [-0.15, -0.1) is 0 Å². The number of benzene rings is 1. The van der Waals surface area contributed by atoms with Crippen molar-refractivity contribution >= 4 is 62.2 Å². The Bertz CT molecular complexity index is 920. The number of amides is 1. The third-order valence-corrected chi connectivity index (χ3v) is 5.86. The van der Waals surface area contributed by atoms with Crippen LogP contribution in [-0.2, 0) is 9.59 Å². The van der Waals surface area contributed by atoms with E-state index in [1.165, 1.54) is 0 Å². The van der Waals surface area contributed by atoms with Gasteiger partial charge in [-0.05, 0) is 30.7 Å². The number of thioether (sulfide) groups is 1. The van der Waals surface area contributed by atoms with E-state index in [0.717, 1.165) is 26.7 Å². The largest absolute Gasteiger partial charge is 0.548 e. The van der Waals surface area contributed by atoms with Crippen molar-refractivity contribution in [1.82, 2.24) is 4.90 Å². The number of aliphatic carboxylic acids is 1. The molecule has 1 amide bonds. The molecule has 1 aliphatic heterocycles.